The average Bonchev–Trinajstić information content (AvgIpc) is 2.87. The van der Waals surface area contributed by atoms with Gasteiger partial charge in [-0.1, -0.05) is 0 Å². The van der Waals surface area contributed by atoms with Crippen LogP contribution in [0, 0.1) is 5.92 Å². The third kappa shape index (κ3) is 4.02. The van der Waals surface area contributed by atoms with Crippen molar-refractivity contribution in [3.63, 3.8) is 0 Å². The van der Waals surface area contributed by atoms with E-state index in [0.717, 1.165) is 18.8 Å². The number of rotatable bonds is 4. The zero-order valence-corrected chi connectivity index (χ0v) is 13.6. The Morgan fingerprint density at radius 3 is 2.96 bits per heavy atom. The summed E-state index contributed by atoms with van der Waals surface area (Å²) in [6, 6.07) is 3.53. The Morgan fingerprint density at radius 2 is 2.17 bits per heavy atom. The van der Waals surface area contributed by atoms with Gasteiger partial charge in [0.15, 0.2) is 0 Å². The van der Waals surface area contributed by atoms with Crippen LogP contribution in [0.3, 0.4) is 0 Å². The topological polar surface area (TPSA) is 93.1 Å². The Kier molecular flexibility index (Phi) is 5.27. The number of ether oxygens (including phenoxy) is 1. The van der Waals surface area contributed by atoms with Crippen LogP contribution in [-0.4, -0.2) is 59.2 Å². The van der Waals surface area contributed by atoms with Crippen LogP contribution in [0.2, 0.25) is 0 Å². The molecule has 1 amide bonds. The van der Waals surface area contributed by atoms with E-state index < -0.39 is 0 Å². The SMILES string of the molecule is CNC(=O)c1cc(C[C@@H]2COCCN(c3ncccn3)C2)ncn1. The fourth-order valence-corrected chi connectivity index (χ4v) is 2.70. The van der Waals surface area contributed by atoms with Crippen LogP contribution in [0.1, 0.15) is 16.2 Å². The molecule has 0 radical (unpaired) electrons. The maximum absolute atomic E-state index is 11.7. The molecular formula is C16H20N6O2. The van der Waals surface area contributed by atoms with Crippen molar-refractivity contribution in [2.75, 3.05) is 38.3 Å². The van der Waals surface area contributed by atoms with E-state index in [-0.39, 0.29) is 11.8 Å². The fraction of sp³-hybridized carbons (Fsp3) is 0.438. The van der Waals surface area contributed by atoms with E-state index in [1.54, 1.807) is 31.6 Å². The van der Waals surface area contributed by atoms with Gasteiger partial charge in [0.05, 0.1) is 13.2 Å². The Hall–Kier alpha value is -2.61. The Morgan fingerprint density at radius 1 is 1.33 bits per heavy atom. The van der Waals surface area contributed by atoms with Crippen molar-refractivity contribution < 1.29 is 9.53 Å². The standard InChI is InChI=1S/C16H20N6O2/c1-17-15(23)14-8-13(20-11-21-14)7-12-9-22(5-6-24-10-12)16-18-3-2-4-19-16/h2-4,8,11-12H,5-7,9-10H2,1H3,(H,17,23)/t12-/m0/s1. The van der Waals surface area contributed by atoms with E-state index >= 15 is 0 Å². The second-order valence-corrected chi connectivity index (χ2v) is 5.61. The van der Waals surface area contributed by atoms with Crippen LogP contribution >= 0.6 is 0 Å². The first-order chi connectivity index (χ1) is 11.8. The summed E-state index contributed by atoms with van der Waals surface area (Å²) in [7, 11) is 1.58. The van der Waals surface area contributed by atoms with Gasteiger partial charge in [-0.05, 0) is 18.6 Å². The van der Waals surface area contributed by atoms with Gasteiger partial charge in [0, 0.05) is 44.1 Å². The number of hydrogen-bond donors (Lipinski definition) is 1. The lowest BCUT2D eigenvalue weighted by atomic mass is 10.0. The van der Waals surface area contributed by atoms with E-state index in [0.29, 0.717) is 31.3 Å². The van der Waals surface area contributed by atoms with Gasteiger partial charge in [0.25, 0.3) is 5.91 Å². The third-order valence-corrected chi connectivity index (χ3v) is 3.85. The van der Waals surface area contributed by atoms with Crippen LogP contribution in [0.15, 0.2) is 30.9 Å². The highest BCUT2D eigenvalue weighted by atomic mass is 16.5. The summed E-state index contributed by atoms with van der Waals surface area (Å²) in [5.74, 6) is 0.737. The average molecular weight is 328 g/mol. The van der Waals surface area contributed by atoms with Crippen molar-refractivity contribution in [2.24, 2.45) is 5.92 Å². The molecule has 1 aliphatic heterocycles. The van der Waals surface area contributed by atoms with Gasteiger partial charge in [-0.15, -0.1) is 0 Å². The summed E-state index contributed by atoms with van der Waals surface area (Å²) in [6.45, 7) is 2.82. The predicted octanol–water partition coefficient (Wildman–Crippen LogP) is 0.322. The lowest BCUT2D eigenvalue weighted by Gasteiger charge is -2.23. The molecule has 0 aromatic carbocycles. The monoisotopic (exact) mass is 328 g/mol. The van der Waals surface area contributed by atoms with Gasteiger partial charge in [0.2, 0.25) is 5.95 Å². The number of anilines is 1. The molecule has 8 heteroatoms. The van der Waals surface area contributed by atoms with E-state index in [1.165, 1.54) is 6.33 Å². The third-order valence-electron chi connectivity index (χ3n) is 3.85. The second kappa shape index (κ2) is 7.78. The molecule has 2 aromatic rings. The number of amides is 1. The smallest absolute Gasteiger partial charge is 0.269 e. The predicted molar refractivity (Wildman–Crippen MR) is 87.7 cm³/mol. The van der Waals surface area contributed by atoms with Crippen LogP contribution < -0.4 is 10.2 Å². The van der Waals surface area contributed by atoms with Crippen LogP contribution in [0.25, 0.3) is 0 Å². The first-order valence-corrected chi connectivity index (χ1v) is 7.89. The van der Waals surface area contributed by atoms with Gasteiger partial charge in [-0.25, -0.2) is 19.9 Å². The lowest BCUT2D eigenvalue weighted by molar-refractivity contribution is 0.0957. The first kappa shape index (κ1) is 16.3. The maximum atomic E-state index is 11.7. The molecule has 2 aromatic heterocycles. The maximum Gasteiger partial charge on any atom is 0.269 e. The largest absolute Gasteiger partial charge is 0.379 e. The molecular weight excluding hydrogens is 308 g/mol. The number of hydrogen-bond acceptors (Lipinski definition) is 7. The normalized spacial score (nSPS) is 18.0. The van der Waals surface area contributed by atoms with Crippen LogP contribution in [0.5, 0.6) is 0 Å². The quantitative estimate of drug-likeness (QED) is 0.864. The van der Waals surface area contributed by atoms with Crippen molar-refractivity contribution in [1.29, 1.82) is 0 Å². The molecule has 8 nitrogen and oxygen atoms in total. The second-order valence-electron chi connectivity index (χ2n) is 5.61. The summed E-state index contributed by atoms with van der Waals surface area (Å²) >= 11 is 0. The van der Waals surface area contributed by atoms with Gasteiger partial charge < -0.3 is 15.0 Å². The molecule has 0 aliphatic carbocycles. The highest BCUT2D eigenvalue weighted by molar-refractivity contribution is 5.91. The molecule has 1 N–H and O–H groups in total. The minimum atomic E-state index is -0.213. The lowest BCUT2D eigenvalue weighted by Crippen LogP contribution is -2.32. The Bertz CT molecular complexity index is 681. The number of nitrogens with zero attached hydrogens (tertiary/aromatic N) is 5. The number of carbonyl (C=O) groups is 1. The molecule has 0 bridgehead atoms. The van der Waals surface area contributed by atoms with E-state index in [1.807, 2.05) is 0 Å². The molecule has 0 unspecified atom stereocenters. The van der Waals surface area contributed by atoms with Crippen molar-refractivity contribution in [2.45, 2.75) is 6.42 Å². The Balaban J connectivity index is 1.71. The highest BCUT2D eigenvalue weighted by Crippen LogP contribution is 2.16. The van der Waals surface area contributed by atoms with E-state index in [4.69, 9.17) is 4.74 Å². The summed E-state index contributed by atoms with van der Waals surface area (Å²) in [6.07, 6.45) is 5.61. The van der Waals surface area contributed by atoms with Crippen molar-refractivity contribution >= 4 is 11.9 Å². The fourth-order valence-electron chi connectivity index (χ4n) is 2.70. The molecule has 1 fully saturated rings. The molecule has 3 heterocycles. The molecule has 0 spiro atoms. The molecule has 24 heavy (non-hydrogen) atoms. The molecule has 3 rings (SSSR count). The van der Waals surface area contributed by atoms with Crippen LogP contribution in [-0.2, 0) is 11.2 Å². The molecule has 1 saturated heterocycles. The minimum Gasteiger partial charge on any atom is -0.379 e. The number of aromatic nitrogens is 4. The molecule has 1 aliphatic rings. The first-order valence-electron chi connectivity index (χ1n) is 7.89. The van der Waals surface area contributed by atoms with E-state index in [9.17, 15) is 4.79 Å². The summed E-state index contributed by atoms with van der Waals surface area (Å²) < 4.78 is 5.71. The van der Waals surface area contributed by atoms with Gasteiger partial charge in [-0.3, -0.25) is 4.79 Å². The zero-order valence-electron chi connectivity index (χ0n) is 13.6. The van der Waals surface area contributed by atoms with E-state index in [2.05, 4.69) is 30.2 Å². The minimum absolute atomic E-state index is 0.213. The molecule has 126 valence electrons. The zero-order chi connectivity index (χ0) is 16.8. The molecule has 0 saturated carbocycles. The summed E-state index contributed by atoms with van der Waals surface area (Å²) in [4.78, 5) is 30.7. The number of nitrogens with one attached hydrogen (secondary N) is 1. The Labute approximate surface area is 140 Å². The molecule has 1 atom stereocenters. The van der Waals surface area contributed by atoms with Gasteiger partial charge in [-0.2, -0.15) is 0 Å². The van der Waals surface area contributed by atoms with Crippen molar-refractivity contribution in [3.8, 4) is 0 Å². The van der Waals surface area contributed by atoms with Crippen molar-refractivity contribution in [3.05, 3.63) is 42.2 Å². The van der Waals surface area contributed by atoms with Crippen molar-refractivity contribution in [1.82, 2.24) is 25.3 Å². The van der Waals surface area contributed by atoms with Gasteiger partial charge in [0.1, 0.15) is 12.0 Å². The summed E-state index contributed by atoms with van der Waals surface area (Å²) in [5.41, 5.74) is 1.20. The highest BCUT2D eigenvalue weighted by Gasteiger charge is 2.21. The summed E-state index contributed by atoms with van der Waals surface area (Å²) in [5, 5.41) is 2.57. The van der Waals surface area contributed by atoms with Gasteiger partial charge >= 0.3 is 0 Å². The number of carbonyl (C=O) groups excluding carboxylic acids is 1. The van der Waals surface area contributed by atoms with Crippen LogP contribution in [0.4, 0.5) is 5.95 Å².